The first-order valence-electron chi connectivity index (χ1n) is 9.30. The molecule has 2 unspecified atom stereocenters. The molecule has 2 heterocycles. The summed E-state index contributed by atoms with van der Waals surface area (Å²) < 4.78 is 1.88. The van der Waals surface area contributed by atoms with E-state index in [2.05, 4.69) is 35.4 Å². The molecule has 6 nitrogen and oxygen atoms in total. The summed E-state index contributed by atoms with van der Waals surface area (Å²) in [6.45, 7) is 8.26. The Bertz CT molecular complexity index is 507. The first kappa shape index (κ1) is 18.8. The van der Waals surface area contributed by atoms with Gasteiger partial charge in [-0.05, 0) is 37.7 Å². The molecule has 1 aromatic rings. The number of aliphatic imine (C=N–C) groups is 1. The molecule has 2 N–H and O–H groups in total. The summed E-state index contributed by atoms with van der Waals surface area (Å²) in [5.74, 6) is 2.03. The van der Waals surface area contributed by atoms with Gasteiger partial charge in [-0.2, -0.15) is 5.10 Å². The van der Waals surface area contributed by atoms with Gasteiger partial charge in [0.25, 0.3) is 0 Å². The summed E-state index contributed by atoms with van der Waals surface area (Å²) in [4.78, 5) is 7.23. The second-order valence-corrected chi connectivity index (χ2v) is 6.74. The summed E-state index contributed by atoms with van der Waals surface area (Å²) in [7, 11) is 1.97. The van der Waals surface area contributed by atoms with E-state index in [9.17, 15) is 5.11 Å². The quantitative estimate of drug-likeness (QED) is 0.563. The third-order valence-corrected chi connectivity index (χ3v) is 4.75. The van der Waals surface area contributed by atoms with Gasteiger partial charge in [-0.25, -0.2) is 0 Å². The average Bonchev–Trinajstić information content (AvgIpc) is 3.20. The maximum Gasteiger partial charge on any atom is 0.193 e. The number of likely N-dealkylation sites (tertiary alicyclic amines) is 1. The predicted octanol–water partition coefficient (Wildman–Crippen LogP) is 1.97. The van der Waals surface area contributed by atoms with Crippen molar-refractivity contribution in [3.8, 4) is 0 Å². The van der Waals surface area contributed by atoms with Crippen LogP contribution in [0.5, 0.6) is 0 Å². The summed E-state index contributed by atoms with van der Waals surface area (Å²) in [5, 5.41) is 17.0. The van der Waals surface area contributed by atoms with Crippen molar-refractivity contribution in [2.24, 2.45) is 18.0 Å². The van der Waals surface area contributed by atoms with Crippen molar-refractivity contribution in [2.45, 2.75) is 45.4 Å². The summed E-state index contributed by atoms with van der Waals surface area (Å²) in [6, 6.07) is 0. The molecule has 0 amide bonds. The lowest BCUT2D eigenvalue weighted by molar-refractivity contribution is 0.253. The molecule has 2 atom stereocenters. The predicted molar refractivity (Wildman–Crippen MR) is 98.2 cm³/mol. The monoisotopic (exact) mass is 335 g/mol. The van der Waals surface area contributed by atoms with Crippen molar-refractivity contribution in [1.29, 1.82) is 0 Å². The largest absolute Gasteiger partial charge is 0.396 e. The molecule has 1 saturated heterocycles. The lowest BCUT2D eigenvalue weighted by Gasteiger charge is -2.22. The molecule has 1 aromatic heterocycles. The van der Waals surface area contributed by atoms with Crippen molar-refractivity contribution >= 4 is 5.96 Å². The van der Waals surface area contributed by atoms with E-state index in [1.165, 1.54) is 5.56 Å². The van der Waals surface area contributed by atoms with Crippen molar-refractivity contribution in [2.75, 3.05) is 32.8 Å². The highest BCUT2D eigenvalue weighted by Gasteiger charge is 2.27. The minimum absolute atomic E-state index is 0.253. The Morgan fingerprint density at radius 2 is 2.29 bits per heavy atom. The van der Waals surface area contributed by atoms with E-state index in [4.69, 9.17) is 4.99 Å². The van der Waals surface area contributed by atoms with Gasteiger partial charge < -0.3 is 15.3 Å². The van der Waals surface area contributed by atoms with Gasteiger partial charge in [-0.3, -0.25) is 9.67 Å². The van der Waals surface area contributed by atoms with Crippen LogP contribution in [0.15, 0.2) is 17.4 Å². The molecule has 1 aliphatic rings. The highest BCUT2D eigenvalue weighted by atomic mass is 16.3. The van der Waals surface area contributed by atoms with Gasteiger partial charge in [-0.15, -0.1) is 0 Å². The Morgan fingerprint density at radius 1 is 1.46 bits per heavy atom. The number of aryl methyl sites for hydroxylation is 1. The van der Waals surface area contributed by atoms with Crippen LogP contribution in [0.1, 0.15) is 51.0 Å². The van der Waals surface area contributed by atoms with Crippen LogP contribution in [-0.4, -0.2) is 58.5 Å². The van der Waals surface area contributed by atoms with Crippen LogP contribution in [0.25, 0.3) is 0 Å². The maximum absolute atomic E-state index is 9.22. The lowest BCUT2D eigenvalue weighted by Crippen LogP contribution is -2.40. The second-order valence-electron chi connectivity index (χ2n) is 6.74. The molecule has 0 bridgehead atoms. The van der Waals surface area contributed by atoms with Gasteiger partial charge in [0.1, 0.15) is 0 Å². The highest BCUT2D eigenvalue weighted by Crippen LogP contribution is 2.26. The van der Waals surface area contributed by atoms with E-state index in [-0.39, 0.29) is 6.61 Å². The zero-order valence-corrected chi connectivity index (χ0v) is 15.4. The Balaban J connectivity index is 1.97. The van der Waals surface area contributed by atoms with Crippen LogP contribution in [-0.2, 0) is 7.05 Å². The van der Waals surface area contributed by atoms with Gasteiger partial charge in [0, 0.05) is 51.9 Å². The summed E-state index contributed by atoms with van der Waals surface area (Å²) >= 11 is 0. The van der Waals surface area contributed by atoms with E-state index < -0.39 is 0 Å². The number of rotatable bonds is 8. The molecular formula is C18H33N5O. The van der Waals surface area contributed by atoms with Gasteiger partial charge in [0.05, 0.1) is 6.20 Å². The molecule has 0 radical (unpaired) electrons. The molecule has 0 saturated carbocycles. The molecule has 6 heteroatoms. The first-order valence-corrected chi connectivity index (χ1v) is 9.30. The van der Waals surface area contributed by atoms with Crippen LogP contribution in [0, 0.1) is 5.92 Å². The summed E-state index contributed by atoms with van der Waals surface area (Å²) in [5.41, 5.74) is 1.32. The molecule has 1 fully saturated rings. The SMILES string of the molecule is CCCC(CCO)CN=C(NCC)N1CCC(c2cnn(C)c2)C1. The molecule has 136 valence electrons. The Labute approximate surface area is 146 Å². The van der Waals surface area contributed by atoms with Crippen LogP contribution in [0.4, 0.5) is 0 Å². The number of aromatic nitrogens is 2. The number of guanidine groups is 1. The lowest BCUT2D eigenvalue weighted by atomic mass is 10.0. The molecular weight excluding hydrogens is 302 g/mol. The fourth-order valence-electron chi connectivity index (χ4n) is 3.43. The van der Waals surface area contributed by atoms with Gasteiger partial charge in [0.15, 0.2) is 5.96 Å². The van der Waals surface area contributed by atoms with Crippen LogP contribution in [0.2, 0.25) is 0 Å². The number of nitrogens with zero attached hydrogens (tertiary/aromatic N) is 4. The van der Waals surface area contributed by atoms with Gasteiger partial charge >= 0.3 is 0 Å². The molecule has 2 rings (SSSR count). The molecule has 0 aliphatic carbocycles. The van der Waals surface area contributed by atoms with Crippen LogP contribution >= 0.6 is 0 Å². The van der Waals surface area contributed by atoms with Gasteiger partial charge in [-0.1, -0.05) is 13.3 Å². The Hall–Kier alpha value is -1.56. The number of nitrogens with one attached hydrogen (secondary N) is 1. The smallest absolute Gasteiger partial charge is 0.193 e. The summed E-state index contributed by atoms with van der Waals surface area (Å²) in [6.07, 6.45) is 8.36. The minimum atomic E-state index is 0.253. The number of hydrogen-bond acceptors (Lipinski definition) is 3. The van der Waals surface area contributed by atoms with Crippen molar-refractivity contribution in [1.82, 2.24) is 20.0 Å². The second kappa shape index (κ2) is 9.67. The fourth-order valence-corrected chi connectivity index (χ4v) is 3.43. The van der Waals surface area contributed by atoms with Crippen molar-refractivity contribution in [3.05, 3.63) is 18.0 Å². The molecule has 1 aliphatic heterocycles. The van der Waals surface area contributed by atoms with Crippen LogP contribution in [0.3, 0.4) is 0 Å². The van der Waals surface area contributed by atoms with Crippen molar-refractivity contribution < 1.29 is 5.11 Å². The normalized spacial score (nSPS) is 19.8. The van der Waals surface area contributed by atoms with Crippen molar-refractivity contribution in [3.63, 3.8) is 0 Å². The van der Waals surface area contributed by atoms with E-state index >= 15 is 0 Å². The maximum atomic E-state index is 9.22. The zero-order valence-electron chi connectivity index (χ0n) is 15.4. The van der Waals surface area contributed by atoms with E-state index in [0.717, 1.165) is 57.8 Å². The molecule has 24 heavy (non-hydrogen) atoms. The van der Waals surface area contributed by atoms with E-state index in [1.54, 1.807) is 0 Å². The van der Waals surface area contributed by atoms with E-state index in [0.29, 0.717) is 11.8 Å². The standard InChI is InChI=1S/C18H33N5O/c1-4-6-15(8-10-24)11-20-18(19-5-2)23-9-7-16(14-23)17-12-21-22(3)13-17/h12-13,15-16,24H,4-11,14H2,1-3H3,(H,19,20). The molecule has 0 aromatic carbocycles. The van der Waals surface area contributed by atoms with E-state index in [1.807, 2.05) is 17.9 Å². The Morgan fingerprint density at radius 3 is 2.92 bits per heavy atom. The highest BCUT2D eigenvalue weighted by molar-refractivity contribution is 5.80. The Kier molecular flexibility index (Phi) is 7.56. The fraction of sp³-hybridized carbons (Fsp3) is 0.778. The minimum Gasteiger partial charge on any atom is -0.396 e. The first-order chi connectivity index (χ1) is 11.7. The third-order valence-electron chi connectivity index (χ3n) is 4.75. The average molecular weight is 335 g/mol. The molecule has 0 spiro atoms. The number of hydrogen-bond donors (Lipinski definition) is 2. The zero-order chi connectivity index (χ0) is 17.4. The third kappa shape index (κ3) is 5.23. The number of aliphatic hydroxyl groups is 1. The number of aliphatic hydroxyl groups excluding tert-OH is 1. The van der Waals surface area contributed by atoms with Gasteiger partial charge in [0.2, 0.25) is 0 Å². The topological polar surface area (TPSA) is 65.7 Å². The van der Waals surface area contributed by atoms with Crippen LogP contribution < -0.4 is 5.32 Å².